The summed E-state index contributed by atoms with van der Waals surface area (Å²) in [6.45, 7) is 3.68. The molecule has 13 heteroatoms. The summed E-state index contributed by atoms with van der Waals surface area (Å²) in [5, 5.41) is 2.00. The summed E-state index contributed by atoms with van der Waals surface area (Å²) < 4.78 is 31.3. The van der Waals surface area contributed by atoms with Gasteiger partial charge in [0, 0.05) is 39.2 Å². The molecule has 0 spiro atoms. The Morgan fingerprint density at radius 1 is 0.508 bits per heavy atom. The fourth-order valence-electron chi connectivity index (χ4n) is 9.76. The van der Waals surface area contributed by atoms with E-state index in [9.17, 15) is 28.8 Å². The van der Waals surface area contributed by atoms with Crippen LogP contribution >= 0.6 is 0 Å². The van der Waals surface area contributed by atoms with Crippen molar-refractivity contribution in [3.05, 3.63) is 0 Å². The smallest absolute Gasteiger partial charge is 0.306 e. The second kappa shape index (κ2) is 40.0. The maximum Gasteiger partial charge on any atom is 0.306 e. The van der Waals surface area contributed by atoms with E-state index in [0.29, 0.717) is 50.6 Å². The molecule has 0 heterocycles. The highest BCUT2D eigenvalue weighted by Crippen LogP contribution is 2.29. The van der Waals surface area contributed by atoms with Crippen LogP contribution in [-0.4, -0.2) is 95.5 Å². The number of quaternary nitrogens is 1. The quantitative estimate of drug-likeness (QED) is 0.0313. The molecular formula is C52H92NO12+. The van der Waals surface area contributed by atoms with Crippen molar-refractivity contribution in [2.45, 2.75) is 225 Å². The van der Waals surface area contributed by atoms with Crippen LogP contribution in [0, 0.1) is 23.7 Å². The van der Waals surface area contributed by atoms with Crippen LogP contribution in [0.25, 0.3) is 0 Å². The molecule has 4 aliphatic rings. The summed E-state index contributed by atoms with van der Waals surface area (Å²) in [5.74, 6) is 1.69. The molecule has 0 aromatic heterocycles. The van der Waals surface area contributed by atoms with E-state index in [1.807, 2.05) is 5.32 Å². The number of ether oxygens (including phenoxy) is 6. The first kappa shape index (κ1) is 58.1. The minimum atomic E-state index is -0.849. The zero-order valence-corrected chi connectivity index (χ0v) is 41.0. The molecule has 0 aromatic carbocycles. The van der Waals surface area contributed by atoms with Crippen molar-refractivity contribution >= 4 is 36.6 Å². The molecule has 2 unspecified atom stereocenters. The summed E-state index contributed by atoms with van der Waals surface area (Å²) >= 11 is 0. The van der Waals surface area contributed by atoms with Crippen LogP contribution < -0.4 is 5.32 Å². The molecule has 0 bridgehead atoms. The molecule has 0 radical (unpaired) electrons. The molecule has 4 aliphatic carbocycles. The van der Waals surface area contributed by atoms with Gasteiger partial charge in [-0.1, -0.05) is 148 Å². The lowest BCUT2D eigenvalue weighted by atomic mass is 9.86. The maximum atomic E-state index is 12.3. The van der Waals surface area contributed by atoms with Gasteiger partial charge in [0.2, 0.25) is 0 Å². The zero-order valence-electron chi connectivity index (χ0n) is 41.0. The molecule has 376 valence electrons. The monoisotopic (exact) mass is 923 g/mol. The Morgan fingerprint density at radius 2 is 0.908 bits per heavy atom. The van der Waals surface area contributed by atoms with Crippen LogP contribution in [0.15, 0.2) is 0 Å². The first-order valence-corrected chi connectivity index (χ1v) is 26.3. The number of esters is 4. The molecule has 4 saturated carbocycles. The van der Waals surface area contributed by atoms with E-state index in [-0.39, 0.29) is 63.6 Å². The maximum absolute atomic E-state index is 12.3. The Hall–Kier alpha value is -3.06. The second-order valence-corrected chi connectivity index (χ2v) is 19.2. The molecule has 2 atom stereocenters. The lowest BCUT2D eigenvalue weighted by Gasteiger charge is -2.21. The van der Waals surface area contributed by atoms with E-state index in [1.165, 1.54) is 136 Å². The summed E-state index contributed by atoms with van der Waals surface area (Å²) in [7, 11) is 1.50. The number of hydrogen-bond donors (Lipinski definition) is 1. The van der Waals surface area contributed by atoms with E-state index in [0.717, 1.165) is 56.6 Å². The highest BCUT2D eigenvalue weighted by molar-refractivity contribution is 5.71. The van der Waals surface area contributed by atoms with Gasteiger partial charge in [-0.15, -0.1) is 0 Å². The number of aldehydes is 1. The first-order chi connectivity index (χ1) is 31.8. The van der Waals surface area contributed by atoms with Crippen LogP contribution in [-0.2, 0) is 57.2 Å². The summed E-state index contributed by atoms with van der Waals surface area (Å²) in [4.78, 5) is 69.6. The predicted molar refractivity (Wildman–Crippen MR) is 251 cm³/mol. The molecular weight excluding hydrogens is 831 g/mol. The van der Waals surface area contributed by atoms with Crippen molar-refractivity contribution in [2.75, 3.05) is 46.6 Å². The minimum absolute atomic E-state index is 0.0176. The normalized spacial score (nSPS) is 18.3. The lowest BCUT2D eigenvalue weighted by molar-refractivity contribution is -0.655. The van der Waals surface area contributed by atoms with E-state index in [1.54, 1.807) is 0 Å². The van der Waals surface area contributed by atoms with E-state index >= 15 is 0 Å². The number of methoxy groups -OCH3 is 1. The number of hydrogen-bond acceptors (Lipinski definition) is 12. The molecule has 2 N–H and O–H groups in total. The van der Waals surface area contributed by atoms with Gasteiger partial charge < -0.3 is 38.5 Å². The fourth-order valence-corrected chi connectivity index (χ4v) is 9.76. The molecule has 0 aromatic rings. The zero-order chi connectivity index (χ0) is 47.0. The van der Waals surface area contributed by atoms with Crippen LogP contribution in [0.3, 0.4) is 0 Å². The molecule has 0 aliphatic heterocycles. The highest BCUT2D eigenvalue weighted by Gasteiger charge is 2.22. The lowest BCUT2D eigenvalue weighted by Crippen LogP contribution is -2.84. The first-order valence-electron chi connectivity index (χ1n) is 26.3. The Bertz CT molecular complexity index is 1220. The third-order valence-corrected chi connectivity index (χ3v) is 13.5. The minimum Gasteiger partial charge on any atom is -0.464 e. The third-order valence-electron chi connectivity index (χ3n) is 13.5. The number of carbonyl (C=O) groups excluding carboxylic acids is 6. The van der Waals surface area contributed by atoms with Crippen LogP contribution in [0.2, 0.25) is 0 Å². The topological polar surface area (TPSA) is 174 Å². The van der Waals surface area contributed by atoms with Crippen molar-refractivity contribution in [1.29, 1.82) is 0 Å². The predicted octanol–water partition coefficient (Wildman–Crippen LogP) is 9.47. The Balaban J connectivity index is 0.000000620. The largest absolute Gasteiger partial charge is 0.464 e. The van der Waals surface area contributed by atoms with Gasteiger partial charge in [0.1, 0.15) is 26.1 Å². The average molecular weight is 923 g/mol. The van der Waals surface area contributed by atoms with Gasteiger partial charge in [-0.2, -0.15) is 0 Å². The van der Waals surface area contributed by atoms with E-state index in [2.05, 4.69) is 6.92 Å². The summed E-state index contributed by atoms with van der Waals surface area (Å²) in [6.07, 6.45) is 34.8. The Labute approximate surface area is 393 Å². The van der Waals surface area contributed by atoms with Gasteiger partial charge in [0.05, 0.1) is 32.5 Å². The number of nitrogens with two attached hydrogens (primary N) is 1. The molecule has 4 fully saturated rings. The van der Waals surface area contributed by atoms with Gasteiger partial charge >= 0.3 is 23.9 Å². The fraction of sp³-hybridized carbons (Fsp3) is 0.885. The third kappa shape index (κ3) is 32.3. The van der Waals surface area contributed by atoms with Crippen LogP contribution in [0.5, 0.6) is 0 Å². The number of rotatable bonds is 30. The van der Waals surface area contributed by atoms with Gasteiger partial charge in [0.15, 0.2) is 12.2 Å². The standard InChI is InChI=1S/C34H57NO11.C9H16O.C9H18/c1-41-22-29(24-43-31(37)18-16-27-10-4-2-5-11-27)45-33(39)14-8-20-35-21-9-15-34(40)46-30(23-42-26-36)25-44-32(38)19-17-28-12-6-3-7-13-28;10-8-4-7-9-5-2-1-3-6-9;1-2-6-9-7-4-3-5-8-9/h26-30,35H,2-25H2,1H3;8-9H,1-7H2;9H,2-8H2,1H3/p+1. The summed E-state index contributed by atoms with van der Waals surface area (Å²) in [5.41, 5.74) is 0. The second-order valence-electron chi connectivity index (χ2n) is 19.2. The van der Waals surface area contributed by atoms with Crippen molar-refractivity contribution < 1.29 is 62.5 Å². The van der Waals surface area contributed by atoms with Crippen molar-refractivity contribution in [3.8, 4) is 0 Å². The number of carbonyl (C=O) groups is 6. The van der Waals surface area contributed by atoms with Crippen molar-refractivity contribution in [2.24, 2.45) is 23.7 Å². The van der Waals surface area contributed by atoms with Gasteiger partial charge in [-0.3, -0.25) is 24.0 Å². The van der Waals surface area contributed by atoms with Crippen molar-refractivity contribution in [1.82, 2.24) is 0 Å². The molecule has 65 heavy (non-hydrogen) atoms. The molecule has 0 amide bonds. The van der Waals surface area contributed by atoms with Crippen LogP contribution in [0.1, 0.15) is 212 Å². The molecule has 4 rings (SSSR count). The van der Waals surface area contributed by atoms with Gasteiger partial charge in [-0.25, -0.2) is 0 Å². The van der Waals surface area contributed by atoms with E-state index in [4.69, 9.17) is 28.4 Å². The molecule has 13 nitrogen and oxygen atoms in total. The Morgan fingerprint density at radius 3 is 1.29 bits per heavy atom. The van der Waals surface area contributed by atoms with Crippen molar-refractivity contribution in [3.63, 3.8) is 0 Å². The SMILES string of the molecule is CCCC1CCCCC1.COCC(COC(=O)CCC1CCCCC1)OC(=O)CCC[NH2+]CCCC(=O)OC(COC=O)COC(=O)CCC1CCCCC1.O=CCCC1CCCCC1. The van der Waals surface area contributed by atoms with Gasteiger partial charge in [-0.05, 0) is 42.9 Å². The van der Waals surface area contributed by atoms with Gasteiger partial charge in [0.25, 0.3) is 6.47 Å². The van der Waals surface area contributed by atoms with E-state index < -0.39 is 18.2 Å². The highest BCUT2D eigenvalue weighted by atomic mass is 16.6. The van der Waals surface area contributed by atoms with Crippen LogP contribution in [0.4, 0.5) is 0 Å². The average Bonchev–Trinajstić information content (AvgIpc) is 3.33. The summed E-state index contributed by atoms with van der Waals surface area (Å²) in [6, 6.07) is 0. The molecule has 0 saturated heterocycles. The Kier molecular flexibility index (Phi) is 35.8.